The standard InChI is InChI=1S/C18H14FN7O2S/c19-12-3-1-11(2-4-12)15-9-10-22-18-16(17(20)25-26(15)18)24-23-13-5-7-14(8-6-13)29(21,27)28/h1-10H,(H2,20,25)(H2,21,27,28). The number of aromatic nitrogens is 3. The van der Waals surface area contributed by atoms with Crippen LogP contribution in [-0.2, 0) is 10.0 Å². The fourth-order valence-corrected chi connectivity index (χ4v) is 3.21. The maximum absolute atomic E-state index is 13.2. The minimum Gasteiger partial charge on any atom is -0.380 e. The van der Waals surface area contributed by atoms with E-state index < -0.39 is 10.0 Å². The molecule has 0 aliphatic carbocycles. The smallest absolute Gasteiger partial charge is 0.238 e. The van der Waals surface area contributed by atoms with Crippen molar-refractivity contribution in [3.8, 4) is 11.3 Å². The molecular formula is C18H14FN7O2S. The molecule has 0 spiro atoms. The van der Waals surface area contributed by atoms with Crippen LogP contribution in [0.3, 0.4) is 0 Å². The van der Waals surface area contributed by atoms with Crippen LogP contribution in [0.25, 0.3) is 16.9 Å². The summed E-state index contributed by atoms with van der Waals surface area (Å²) in [4.78, 5) is 4.23. The Hall–Kier alpha value is -3.70. The zero-order valence-electron chi connectivity index (χ0n) is 14.8. The molecule has 0 radical (unpaired) electrons. The van der Waals surface area contributed by atoms with Gasteiger partial charge in [-0.15, -0.1) is 10.2 Å². The van der Waals surface area contributed by atoms with Crippen molar-refractivity contribution in [2.24, 2.45) is 15.4 Å². The fourth-order valence-electron chi connectivity index (χ4n) is 2.70. The minimum absolute atomic E-state index is 0.0300. The molecule has 4 rings (SSSR count). The second kappa shape index (κ2) is 7.04. The average molecular weight is 411 g/mol. The molecule has 0 saturated carbocycles. The van der Waals surface area contributed by atoms with E-state index in [4.69, 9.17) is 10.9 Å². The maximum atomic E-state index is 13.2. The molecule has 0 amide bonds. The molecular weight excluding hydrogens is 397 g/mol. The van der Waals surface area contributed by atoms with Crippen LogP contribution >= 0.6 is 0 Å². The predicted molar refractivity (Wildman–Crippen MR) is 105 cm³/mol. The molecule has 0 bridgehead atoms. The van der Waals surface area contributed by atoms with E-state index in [1.807, 2.05) is 0 Å². The molecule has 0 aliphatic heterocycles. The lowest BCUT2D eigenvalue weighted by atomic mass is 10.1. The molecule has 4 aromatic rings. The lowest BCUT2D eigenvalue weighted by Crippen LogP contribution is -2.11. The number of halogens is 1. The first-order valence-corrected chi connectivity index (χ1v) is 9.81. The van der Waals surface area contributed by atoms with Gasteiger partial charge in [0.05, 0.1) is 16.3 Å². The van der Waals surface area contributed by atoms with Crippen LogP contribution < -0.4 is 10.9 Å². The highest BCUT2D eigenvalue weighted by molar-refractivity contribution is 7.89. The third-order valence-electron chi connectivity index (χ3n) is 4.09. The first-order valence-electron chi connectivity index (χ1n) is 8.27. The average Bonchev–Trinajstić information content (AvgIpc) is 3.02. The van der Waals surface area contributed by atoms with Crippen LogP contribution in [0.2, 0.25) is 0 Å². The number of hydrogen-bond acceptors (Lipinski definition) is 7. The van der Waals surface area contributed by atoms with Crippen molar-refractivity contribution < 1.29 is 12.8 Å². The molecule has 0 saturated heterocycles. The van der Waals surface area contributed by atoms with Crippen molar-refractivity contribution in [2.45, 2.75) is 4.90 Å². The SMILES string of the molecule is Nc1nn2c(-c3ccc(F)cc3)ccnc2c1N=Nc1ccc(S(N)(=O)=O)cc1. The van der Waals surface area contributed by atoms with E-state index in [0.29, 0.717) is 17.0 Å². The highest BCUT2D eigenvalue weighted by Gasteiger charge is 2.15. The Kier molecular flexibility index (Phi) is 4.53. The number of azo groups is 1. The second-order valence-electron chi connectivity index (χ2n) is 6.05. The third-order valence-corrected chi connectivity index (χ3v) is 5.02. The van der Waals surface area contributed by atoms with E-state index in [1.165, 1.54) is 40.9 Å². The first-order chi connectivity index (χ1) is 13.8. The molecule has 0 fully saturated rings. The van der Waals surface area contributed by atoms with E-state index in [1.54, 1.807) is 24.4 Å². The van der Waals surface area contributed by atoms with Crippen LogP contribution in [-0.4, -0.2) is 23.0 Å². The molecule has 2 aromatic carbocycles. The molecule has 2 aromatic heterocycles. The van der Waals surface area contributed by atoms with Gasteiger partial charge < -0.3 is 5.73 Å². The van der Waals surface area contributed by atoms with Crippen LogP contribution in [0.4, 0.5) is 21.6 Å². The summed E-state index contributed by atoms with van der Waals surface area (Å²) in [5, 5.41) is 17.5. The van der Waals surface area contributed by atoms with Gasteiger partial charge >= 0.3 is 0 Å². The Balaban J connectivity index is 1.73. The normalized spacial score (nSPS) is 12.1. The molecule has 29 heavy (non-hydrogen) atoms. The van der Waals surface area contributed by atoms with Gasteiger partial charge in [0.1, 0.15) is 5.82 Å². The number of benzene rings is 2. The number of anilines is 1. The third kappa shape index (κ3) is 3.68. The minimum atomic E-state index is -3.79. The van der Waals surface area contributed by atoms with E-state index >= 15 is 0 Å². The van der Waals surface area contributed by atoms with Crippen molar-refractivity contribution in [3.63, 3.8) is 0 Å². The summed E-state index contributed by atoms with van der Waals surface area (Å²) in [5.41, 5.74) is 8.39. The zero-order chi connectivity index (χ0) is 20.6. The predicted octanol–water partition coefficient (Wildman–Crippen LogP) is 3.18. The Morgan fingerprint density at radius 1 is 0.966 bits per heavy atom. The molecule has 0 atom stereocenters. The van der Waals surface area contributed by atoms with Gasteiger partial charge in [-0.1, -0.05) is 0 Å². The molecule has 0 unspecified atom stereocenters. The van der Waals surface area contributed by atoms with E-state index in [2.05, 4.69) is 20.3 Å². The second-order valence-corrected chi connectivity index (χ2v) is 7.61. The van der Waals surface area contributed by atoms with E-state index in [9.17, 15) is 12.8 Å². The van der Waals surface area contributed by atoms with Crippen molar-refractivity contribution in [2.75, 3.05) is 5.73 Å². The van der Waals surface area contributed by atoms with Gasteiger partial charge in [-0.05, 0) is 54.6 Å². The summed E-state index contributed by atoms with van der Waals surface area (Å²) in [7, 11) is -3.79. The topological polar surface area (TPSA) is 141 Å². The van der Waals surface area contributed by atoms with Crippen LogP contribution in [0.15, 0.2) is 75.9 Å². The maximum Gasteiger partial charge on any atom is 0.238 e. The summed E-state index contributed by atoms with van der Waals surface area (Å²) >= 11 is 0. The number of primary sulfonamides is 1. The summed E-state index contributed by atoms with van der Waals surface area (Å²) in [6.45, 7) is 0. The lowest BCUT2D eigenvalue weighted by molar-refractivity contribution is 0.598. The Labute approximate surface area is 164 Å². The van der Waals surface area contributed by atoms with Crippen molar-refractivity contribution in [1.82, 2.24) is 14.6 Å². The molecule has 0 aliphatic rings. The quantitative estimate of drug-likeness (QED) is 0.496. The van der Waals surface area contributed by atoms with Gasteiger partial charge in [0.15, 0.2) is 17.2 Å². The van der Waals surface area contributed by atoms with E-state index in [0.717, 1.165) is 5.56 Å². The molecule has 11 heteroatoms. The van der Waals surface area contributed by atoms with Crippen molar-refractivity contribution in [1.29, 1.82) is 0 Å². The molecule has 2 heterocycles. The van der Waals surface area contributed by atoms with Crippen LogP contribution in [0.5, 0.6) is 0 Å². The number of fused-ring (bicyclic) bond motifs is 1. The van der Waals surface area contributed by atoms with Gasteiger partial charge in [0.25, 0.3) is 0 Å². The number of nitrogens with two attached hydrogens (primary N) is 2. The monoisotopic (exact) mass is 411 g/mol. The summed E-state index contributed by atoms with van der Waals surface area (Å²) < 4.78 is 37.3. The molecule has 9 nitrogen and oxygen atoms in total. The lowest BCUT2D eigenvalue weighted by Gasteiger charge is -2.04. The largest absolute Gasteiger partial charge is 0.380 e. The zero-order valence-corrected chi connectivity index (χ0v) is 15.6. The van der Waals surface area contributed by atoms with Gasteiger partial charge in [0.2, 0.25) is 10.0 Å². The van der Waals surface area contributed by atoms with Gasteiger partial charge in [-0.2, -0.15) is 5.11 Å². The summed E-state index contributed by atoms with van der Waals surface area (Å²) in [6.07, 6.45) is 1.56. The number of rotatable bonds is 4. The Morgan fingerprint density at radius 3 is 2.31 bits per heavy atom. The molecule has 4 N–H and O–H groups in total. The Morgan fingerprint density at radius 2 is 1.66 bits per heavy atom. The summed E-state index contributed by atoms with van der Waals surface area (Å²) in [6, 6.07) is 13.2. The number of hydrogen-bond donors (Lipinski definition) is 2. The highest BCUT2D eigenvalue weighted by atomic mass is 32.2. The van der Waals surface area contributed by atoms with Crippen LogP contribution in [0, 0.1) is 5.82 Å². The Bertz CT molecular complexity index is 1330. The number of nitrogens with zero attached hydrogens (tertiary/aromatic N) is 5. The van der Waals surface area contributed by atoms with Gasteiger partial charge in [0, 0.05) is 11.8 Å². The van der Waals surface area contributed by atoms with Crippen LogP contribution in [0.1, 0.15) is 0 Å². The number of sulfonamides is 1. The molecule has 146 valence electrons. The first kappa shape index (κ1) is 18.7. The summed E-state index contributed by atoms with van der Waals surface area (Å²) in [5.74, 6) is -0.237. The number of nitrogen functional groups attached to an aromatic ring is 1. The highest BCUT2D eigenvalue weighted by Crippen LogP contribution is 2.31. The van der Waals surface area contributed by atoms with Crippen molar-refractivity contribution in [3.05, 3.63) is 66.6 Å². The van der Waals surface area contributed by atoms with Gasteiger partial charge in [-0.25, -0.2) is 27.4 Å². The van der Waals surface area contributed by atoms with Gasteiger partial charge in [-0.3, -0.25) is 0 Å². The fraction of sp³-hybridized carbons (Fsp3) is 0. The van der Waals surface area contributed by atoms with Crippen molar-refractivity contribution >= 4 is 32.9 Å². The van der Waals surface area contributed by atoms with E-state index in [-0.39, 0.29) is 22.2 Å².